The van der Waals surface area contributed by atoms with Gasteiger partial charge in [0.25, 0.3) is 0 Å². The third-order valence-corrected chi connectivity index (χ3v) is 4.00. The standard InChI is InChI=1S/C20H20N2O2/c1-13-7-8-16(14(2)9-13)12-24-20-6-4-5-18(22-20)17-10-19(23)21-11-15(17)3/h4-11H,12H2,1-3H3,(H,21,23). The summed E-state index contributed by atoms with van der Waals surface area (Å²) in [7, 11) is 0. The quantitative estimate of drug-likeness (QED) is 0.792. The summed E-state index contributed by atoms with van der Waals surface area (Å²) >= 11 is 0. The fourth-order valence-corrected chi connectivity index (χ4v) is 2.62. The van der Waals surface area contributed by atoms with Crippen molar-refractivity contribution in [1.82, 2.24) is 9.97 Å². The molecule has 0 bridgehead atoms. The zero-order chi connectivity index (χ0) is 17.1. The number of hydrogen-bond donors (Lipinski definition) is 1. The maximum Gasteiger partial charge on any atom is 0.248 e. The van der Waals surface area contributed by atoms with Gasteiger partial charge in [0.05, 0.1) is 5.69 Å². The van der Waals surface area contributed by atoms with Crippen molar-refractivity contribution >= 4 is 0 Å². The van der Waals surface area contributed by atoms with Gasteiger partial charge in [0.1, 0.15) is 6.61 Å². The van der Waals surface area contributed by atoms with E-state index in [1.165, 1.54) is 11.1 Å². The first kappa shape index (κ1) is 16.0. The van der Waals surface area contributed by atoms with Gasteiger partial charge in [0.2, 0.25) is 11.4 Å². The largest absolute Gasteiger partial charge is 0.473 e. The van der Waals surface area contributed by atoms with E-state index in [2.05, 4.69) is 42.0 Å². The Kier molecular flexibility index (Phi) is 4.47. The lowest BCUT2D eigenvalue weighted by Crippen LogP contribution is -2.05. The maximum atomic E-state index is 11.6. The van der Waals surface area contributed by atoms with E-state index in [1.54, 1.807) is 12.3 Å². The highest BCUT2D eigenvalue weighted by Gasteiger charge is 2.07. The van der Waals surface area contributed by atoms with Gasteiger partial charge in [-0.25, -0.2) is 4.98 Å². The van der Waals surface area contributed by atoms with E-state index in [1.807, 2.05) is 25.1 Å². The van der Waals surface area contributed by atoms with Gasteiger partial charge in [0.15, 0.2) is 0 Å². The van der Waals surface area contributed by atoms with Crippen LogP contribution in [0.3, 0.4) is 0 Å². The van der Waals surface area contributed by atoms with Crippen molar-refractivity contribution in [3.8, 4) is 17.1 Å². The number of aryl methyl sites for hydroxylation is 3. The highest BCUT2D eigenvalue weighted by molar-refractivity contribution is 5.62. The monoisotopic (exact) mass is 320 g/mol. The minimum absolute atomic E-state index is 0.140. The van der Waals surface area contributed by atoms with E-state index in [0.717, 1.165) is 22.4 Å². The average molecular weight is 320 g/mol. The summed E-state index contributed by atoms with van der Waals surface area (Å²) < 4.78 is 5.85. The van der Waals surface area contributed by atoms with E-state index in [9.17, 15) is 4.79 Å². The topological polar surface area (TPSA) is 55.0 Å². The van der Waals surface area contributed by atoms with Crippen LogP contribution in [0.1, 0.15) is 22.3 Å². The van der Waals surface area contributed by atoms with Gasteiger partial charge in [-0.2, -0.15) is 0 Å². The average Bonchev–Trinajstić information content (AvgIpc) is 2.56. The van der Waals surface area contributed by atoms with Gasteiger partial charge in [-0.3, -0.25) is 4.79 Å². The molecular weight excluding hydrogens is 300 g/mol. The molecule has 3 rings (SSSR count). The Hall–Kier alpha value is -2.88. The lowest BCUT2D eigenvalue weighted by molar-refractivity contribution is 0.293. The van der Waals surface area contributed by atoms with Crippen molar-refractivity contribution in [2.24, 2.45) is 0 Å². The molecule has 0 saturated heterocycles. The molecule has 4 nitrogen and oxygen atoms in total. The smallest absolute Gasteiger partial charge is 0.248 e. The van der Waals surface area contributed by atoms with Crippen molar-refractivity contribution in [2.45, 2.75) is 27.4 Å². The molecule has 0 saturated carbocycles. The number of nitrogens with zero attached hydrogens (tertiary/aromatic N) is 1. The van der Waals surface area contributed by atoms with Crippen molar-refractivity contribution in [3.05, 3.63) is 81.3 Å². The predicted molar refractivity (Wildman–Crippen MR) is 95.3 cm³/mol. The molecule has 0 spiro atoms. The van der Waals surface area contributed by atoms with Crippen molar-refractivity contribution in [2.75, 3.05) is 0 Å². The number of ether oxygens (including phenoxy) is 1. The third kappa shape index (κ3) is 3.54. The number of benzene rings is 1. The summed E-state index contributed by atoms with van der Waals surface area (Å²) in [6.45, 7) is 6.56. The molecule has 0 aliphatic carbocycles. The number of aromatic nitrogens is 2. The fraction of sp³-hybridized carbons (Fsp3) is 0.200. The maximum absolute atomic E-state index is 11.6. The van der Waals surface area contributed by atoms with Gasteiger partial charge in [0, 0.05) is 23.9 Å². The van der Waals surface area contributed by atoms with E-state index < -0.39 is 0 Å². The molecule has 0 aliphatic rings. The second-order valence-corrected chi connectivity index (χ2v) is 5.97. The number of pyridine rings is 2. The molecule has 0 unspecified atom stereocenters. The Labute approximate surface area is 141 Å². The van der Waals surface area contributed by atoms with E-state index >= 15 is 0 Å². The second-order valence-electron chi connectivity index (χ2n) is 5.97. The van der Waals surface area contributed by atoms with E-state index in [4.69, 9.17) is 4.74 Å². The molecule has 24 heavy (non-hydrogen) atoms. The molecule has 0 aliphatic heterocycles. The minimum atomic E-state index is -0.140. The molecule has 1 aromatic carbocycles. The first-order valence-electron chi connectivity index (χ1n) is 7.88. The number of nitrogens with one attached hydrogen (secondary N) is 1. The molecule has 0 atom stereocenters. The van der Waals surface area contributed by atoms with Gasteiger partial charge in [-0.05, 0) is 43.5 Å². The van der Waals surface area contributed by atoms with Crippen LogP contribution in [0.15, 0.2) is 53.5 Å². The Balaban J connectivity index is 1.83. The molecule has 1 N–H and O–H groups in total. The molecule has 2 heterocycles. The van der Waals surface area contributed by atoms with Gasteiger partial charge >= 0.3 is 0 Å². The molecule has 0 amide bonds. The number of hydrogen-bond acceptors (Lipinski definition) is 3. The van der Waals surface area contributed by atoms with Crippen LogP contribution in [0.2, 0.25) is 0 Å². The summed E-state index contributed by atoms with van der Waals surface area (Å²) in [6, 6.07) is 13.5. The first-order chi connectivity index (χ1) is 11.5. The molecule has 3 aromatic rings. The Bertz CT molecular complexity index is 929. The summed E-state index contributed by atoms with van der Waals surface area (Å²) in [5.74, 6) is 0.548. The van der Waals surface area contributed by atoms with Gasteiger partial charge < -0.3 is 9.72 Å². The van der Waals surface area contributed by atoms with Crippen molar-refractivity contribution < 1.29 is 4.74 Å². The predicted octanol–water partition coefficient (Wildman–Crippen LogP) is 3.94. The number of rotatable bonds is 4. The number of H-pyrrole nitrogens is 1. The van der Waals surface area contributed by atoms with E-state index in [0.29, 0.717) is 12.5 Å². The lowest BCUT2D eigenvalue weighted by atomic mass is 10.1. The second kappa shape index (κ2) is 6.71. The van der Waals surface area contributed by atoms with E-state index in [-0.39, 0.29) is 5.56 Å². The van der Waals surface area contributed by atoms with Gasteiger partial charge in [-0.15, -0.1) is 0 Å². The van der Waals surface area contributed by atoms with Crippen LogP contribution in [0, 0.1) is 20.8 Å². The fourth-order valence-electron chi connectivity index (χ4n) is 2.62. The molecule has 122 valence electrons. The molecular formula is C20H20N2O2. The summed E-state index contributed by atoms with van der Waals surface area (Å²) in [5, 5.41) is 0. The summed E-state index contributed by atoms with van der Waals surface area (Å²) in [5.41, 5.74) is 5.96. The number of aromatic amines is 1. The van der Waals surface area contributed by atoms with Gasteiger partial charge in [-0.1, -0.05) is 29.8 Å². The third-order valence-electron chi connectivity index (χ3n) is 4.00. The normalized spacial score (nSPS) is 10.6. The van der Waals surface area contributed by atoms with Crippen LogP contribution >= 0.6 is 0 Å². The van der Waals surface area contributed by atoms with Crippen LogP contribution in [0.25, 0.3) is 11.3 Å². The molecule has 0 fully saturated rings. The highest BCUT2D eigenvalue weighted by atomic mass is 16.5. The Morgan fingerprint density at radius 3 is 2.67 bits per heavy atom. The lowest BCUT2D eigenvalue weighted by Gasteiger charge is -2.10. The zero-order valence-corrected chi connectivity index (χ0v) is 14.1. The SMILES string of the molecule is Cc1ccc(COc2cccc(-c3cc(=O)[nH]cc3C)n2)c(C)c1. The van der Waals surface area contributed by atoms with Crippen molar-refractivity contribution in [3.63, 3.8) is 0 Å². The molecule has 2 aromatic heterocycles. The molecule has 0 radical (unpaired) electrons. The Morgan fingerprint density at radius 1 is 1.04 bits per heavy atom. The zero-order valence-electron chi connectivity index (χ0n) is 14.1. The van der Waals surface area contributed by atoms with Crippen LogP contribution < -0.4 is 10.3 Å². The summed E-state index contributed by atoms with van der Waals surface area (Å²) in [6.07, 6.45) is 1.70. The first-order valence-corrected chi connectivity index (χ1v) is 7.88. The van der Waals surface area contributed by atoms with Crippen LogP contribution in [0.4, 0.5) is 0 Å². The van der Waals surface area contributed by atoms with Crippen LogP contribution in [-0.2, 0) is 6.61 Å². The minimum Gasteiger partial charge on any atom is -0.473 e. The summed E-state index contributed by atoms with van der Waals surface area (Å²) in [4.78, 5) is 18.8. The van der Waals surface area contributed by atoms with Crippen molar-refractivity contribution in [1.29, 1.82) is 0 Å². The van der Waals surface area contributed by atoms with Crippen LogP contribution in [-0.4, -0.2) is 9.97 Å². The van der Waals surface area contributed by atoms with Crippen LogP contribution in [0.5, 0.6) is 5.88 Å². The molecule has 4 heteroatoms. The highest BCUT2D eigenvalue weighted by Crippen LogP contribution is 2.22. The Morgan fingerprint density at radius 2 is 1.88 bits per heavy atom.